The number of carbonyl (C=O) groups excluding carboxylic acids is 1. The summed E-state index contributed by atoms with van der Waals surface area (Å²) in [4.78, 5) is 11.2. The van der Waals surface area contributed by atoms with Crippen LogP contribution in [0.15, 0.2) is 0 Å². The summed E-state index contributed by atoms with van der Waals surface area (Å²) < 4.78 is 32.1. The topological polar surface area (TPSA) is 87.0 Å². The van der Waals surface area contributed by atoms with Crippen LogP contribution in [0.4, 0.5) is 0 Å². The van der Waals surface area contributed by atoms with Gasteiger partial charge in [0.1, 0.15) is 0 Å². The van der Waals surface area contributed by atoms with Crippen molar-refractivity contribution in [3.63, 3.8) is 0 Å². The molecule has 1 heterocycles. The maximum atomic E-state index is 11.2. The number of hydrogen-bond donors (Lipinski definition) is 3. The molecule has 1 saturated carbocycles. The van der Waals surface area contributed by atoms with Crippen LogP contribution in [0, 0.1) is 138 Å². The number of rotatable bonds is 0. The van der Waals surface area contributed by atoms with Gasteiger partial charge in [-0.1, -0.05) is 0 Å². The van der Waals surface area contributed by atoms with Crippen LogP contribution in [0.1, 0.15) is 25.7 Å². The standard InChI is InChI=1S/C7H13IO5.3Ac/c9-7-5-3-1-2-4-6(5)8(10,11,12)13-7;;;/h5-6,10-12H,1-4H2;;;. The molecule has 1 saturated heterocycles. The van der Waals surface area contributed by atoms with Crippen molar-refractivity contribution in [2.75, 3.05) is 0 Å². The molecule has 2 rings (SSSR count). The van der Waals surface area contributed by atoms with E-state index in [9.17, 15) is 15.1 Å². The van der Waals surface area contributed by atoms with Crippen molar-refractivity contribution in [2.45, 2.75) is 29.6 Å². The summed E-state index contributed by atoms with van der Waals surface area (Å²) in [5, 5.41) is 0. The first-order chi connectivity index (χ1) is 5.88. The zero-order valence-corrected chi connectivity index (χ0v) is 25.1. The molecule has 2 atom stereocenters. The Morgan fingerprint density at radius 3 is 2.06 bits per heavy atom. The van der Waals surface area contributed by atoms with Gasteiger partial charge in [-0.3, -0.25) is 0 Å². The van der Waals surface area contributed by atoms with Gasteiger partial charge in [-0.2, -0.15) is 0 Å². The van der Waals surface area contributed by atoms with E-state index in [-0.39, 0.29) is 132 Å². The van der Waals surface area contributed by atoms with Crippen LogP contribution < -0.4 is 0 Å². The Bertz CT molecular complexity index is 266. The van der Waals surface area contributed by atoms with E-state index in [0.29, 0.717) is 12.8 Å². The molecule has 0 aromatic heterocycles. The number of halogens is 1. The number of carbonyl (C=O) groups is 1. The van der Waals surface area contributed by atoms with Gasteiger partial charge in [-0.05, 0) is 0 Å². The average molecular weight is 985 g/mol. The molecule has 2 aliphatic rings. The summed E-state index contributed by atoms with van der Waals surface area (Å²) in [6.07, 6.45) is 2.78. The molecule has 0 aromatic carbocycles. The third-order valence-electron chi connectivity index (χ3n) is 2.70. The van der Waals surface area contributed by atoms with Crippen LogP contribution in [0.3, 0.4) is 0 Å². The third kappa shape index (κ3) is 5.00. The molecule has 9 heteroatoms. The Morgan fingerprint density at radius 1 is 1.06 bits per heavy atom. The Kier molecular flexibility index (Phi) is 11.5. The zero-order valence-electron chi connectivity index (χ0n) is 8.75. The first-order valence-electron chi connectivity index (χ1n) is 4.23. The molecule has 0 spiro atoms. The maximum Gasteiger partial charge on any atom is 0 e. The van der Waals surface area contributed by atoms with Crippen LogP contribution in [0.25, 0.3) is 0 Å². The monoisotopic (exact) mass is 985 g/mol. The largest absolute Gasteiger partial charge is 0 e. The van der Waals surface area contributed by atoms with E-state index in [1.54, 1.807) is 0 Å². The second-order valence-electron chi connectivity index (χ2n) is 3.62. The SMILES string of the molecule is O=C1OI(O)(O)(O)C2CCCCC12.[Ac].[Ac].[Ac]. The van der Waals surface area contributed by atoms with Crippen molar-refractivity contribution in [1.29, 1.82) is 0 Å². The Hall–Kier alpha value is 4.40. The van der Waals surface area contributed by atoms with Crippen LogP contribution in [0.5, 0.6) is 0 Å². The summed E-state index contributed by atoms with van der Waals surface area (Å²) in [6.45, 7) is 0. The fraction of sp³-hybridized carbons (Fsp3) is 0.857. The number of alkyl halides is 1. The van der Waals surface area contributed by atoms with Gasteiger partial charge in [0.15, 0.2) is 0 Å². The normalized spacial score (nSPS) is 35.9. The first-order valence-corrected chi connectivity index (χ1v) is 9.25. The Morgan fingerprint density at radius 2 is 1.56 bits per heavy atom. The number of fused-ring (bicyclic) bond motifs is 1. The van der Waals surface area contributed by atoms with Gasteiger partial charge in [0.25, 0.3) is 0 Å². The first kappa shape index (κ1) is 22.7. The maximum absolute atomic E-state index is 11.2. The molecule has 5 nitrogen and oxygen atoms in total. The Balaban J connectivity index is 0. The van der Waals surface area contributed by atoms with Crippen molar-refractivity contribution >= 4 is 24.7 Å². The van der Waals surface area contributed by atoms with E-state index in [1.807, 2.05) is 0 Å². The van der Waals surface area contributed by atoms with Gasteiger partial charge < -0.3 is 0 Å². The van der Waals surface area contributed by atoms with Gasteiger partial charge in [-0.15, -0.1) is 0 Å². The molecular formula is C7H13Ac3IO5. The average Bonchev–Trinajstić information content (AvgIpc) is 2.20. The van der Waals surface area contributed by atoms with Gasteiger partial charge >= 0.3 is 78.4 Å². The van der Waals surface area contributed by atoms with E-state index < -0.39 is 34.5 Å². The van der Waals surface area contributed by atoms with Crippen LogP contribution in [0.2, 0.25) is 0 Å². The molecule has 16 heavy (non-hydrogen) atoms. The van der Waals surface area contributed by atoms with Gasteiger partial charge in [0, 0.05) is 132 Å². The van der Waals surface area contributed by atoms with Crippen molar-refractivity contribution < 1.29 is 150 Å². The van der Waals surface area contributed by atoms with Crippen molar-refractivity contribution in [2.24, 2.45) is 5.92 Å². The molecule has 1 aliphatic heterocycles. The Labute approximate surface area is 205 Å². The van der Waals surface area contributed by atoms with Crippen LogP contribution in [-0.2, 0) is 7.86 Å². The zero-order chi connectivity index (χ0) is 9.71. The molecular weight excluding hydrogens is 972 g/mol. The van der Waals surface area contributed by atoms with Crippen molar-refractivity contribution in [1.82, 2.24) is 0 Å². The molecule has 2 unspecified atom stereocenters. The second-order valence-corrected chi connectivity index (χ2v) is 10.3. The van der Waals surface area contributed by atoms with Crippen LogP contribution >= 0.6 is 18.7 Å². The molecule has 1 aliphatic carbocycles. The second kappa shape index (κ2) is 8.15. The molecule has 3 N–H and O–H groups in total. The third-order valence-corrected chi connectivity index (χ3v) is 8.27. The summed E-state index contributed by atoms with van der Waals surface area (Å²) in [7, 11) is 0. The smallest absolute Gasteiger partial charge is 0 e. The van der Waals surface area contributed by atoms with Gasteiger partial charge in [0.05, 0.1) is 0 Å². The van der Waals surface area contributed by atoms with Crippen molar-refractivity contribution in [3.05, 3.63) is 0 Å². The van der Waals surface area contributed by atoms with E-state index in [1.165, 1.54) is 0 Å². The van der Waals surface area contributed by atoms with E-state index in [4.69, 9.17) is 0 Å². The molecule has 0 bridgehead atoms. The minimum absolute atomic E-state index is 0. The molecule has 0 aromatic rings. The van der Waals surface area contributed by atoms with E-state index in [0.717, 1.165) is 12.8 Å². The molecule has 87 valence electrons. The fourth-order valence-electron chi connectivity index (χ4n) is 2.07. The van der Waals surface area contributed by atoms with E-state index in [2.05, 4.69) is 3.07 Å². The molecule has 3 radical (unpaired) electrons. The quantitative estimate of drug-likeness (QED) is 0.241. The number of hydrogen-bond acceptors (Lipinski definition) is 5. The van der Waals surface area contributed by atoms with Gasteiger partial charge in [-0.25, -0.2) is 0 Å². The summed E-state index contributed by atoms with van der Waals surface area (Å²) >= 11 is -5.70. The summed E-state index contributed by atoms with van der Waals surface area (Å²) in [5.41, 5.74) is 0. The molecule has 0 amide bonds. The summed E-state index contributed by atoms with van der Waals surface area (Å²) in [5.74, 6) is -1.12. The van der Waals surface area contributed by atoms with Crippen LogP contribution in [-0.4, -0.2) is 20.2 Å². The minimum Gasteiger partial charge on any atom is 0 e. The minimum atomic E-state index is -5.70. The predicted octanol–water partition coefficient (Wildman–Crippen LogP) is 0.317. The summed E-state index contributed by atoms with van der Waals surface area (Å²) in [6, 6.07) is 0. The van der Waals surface area contributed by atoms with Crippen molar-refractivity contribution in [3.8, 4) is 0 Å². The molecule has 2 fully saturated rings. The van der Waals surface area contributed by atoms with E-state index >= 15 is 0 Å². The van der Waals surface area contributed by atoms with Gasteiger partial charge in [0.2, 0.25) is 0 Å². The fourth-order valence-corrected chi connectivity index (χ4v) is 7.26. The predicted molar refractivity (Wildman–Crippen MR) is 52.5 cm³/mol.